The van der Waals surface area contributed by atoms with E-state index in [2.05, 4.69) is 122 Å². The monoisotopic (exact) mass is 444 g/mol. The number of nitrogens with zero attached hydrogens (tertiary/aromatic N) is 1. The molecule has 3 aliphatic rings. The zero-order valence-electron chi connectivity index (χ0n) is 22.2. The molecular formula is C31H42NO+. The van der Waals surface area contributed by atoms with Crippen molar-refractivity contribution in [2.45, 2.75) is 81.7 Å². The summed E-state index contributed by atoms with van der Waals surface area (Å²) in [6, 6.07) is 9.00. The van der Waals surface area contributed by atoms with Crippen LogP contribution in [0.4, 0.5) is 0 Å². The van der Waals surface area contributed by atoms with Crippen LogP contribution < -0.4 is 4.57 Å². The molecule has 2 aliphatic heterocycles. The van der Waals surface area contributed by atoms with Crippen LogP contribution in [0.15, 0.2) is 65.7 Å². The van der Waals surface area contributed by atoms with Crippen LogP contribution in [0.25, 0.3) is 17.2 Å². The Balaban J connectivity index is 1.91. The van der Waals surface area contributed by atoms with Crippen molar-refractivity contribution in [3.05, 3.63) is 82.6 Å². The molecule has 176 valence electrons. The molecule has 2 nitrogen and oxygen atoms in total. The molecule has 0 atom stereocenters. The summed E-state index contributed by atoms with van der Waals surface area (Å²) in [5, 5.41) is 0. The summed E-state index contributed by atoms with van der Waals surface area (Å²) in [7, 11) is 0. The third-order valence-corrected chi connectivity index (χ3v) is 6.37. The molecule has 0 N–H and O–H groups in total. The smallest absolute Gasteiger partial charge is 0.186 e. The van der Waals surface area contributed by atoms with Gasteiger partial charge in [-0.1, -0.05) is 85.2 Å². The lowest BCUT2D eigenvalue weighted by molar-refractivity contribution is -0.704. The van der Waals surface area contributed by atoms with Gasteiger partial charge < -0.3 is 4.74 Å². The first-order chi connectivity index (χ1) is 15.4. The van der Waals surface area contributed by atoms with Crippen LogP contribution in [0.2, 0.25) is 0 Å². The summed E-state index contributed by atoms with van der Waals surface area (Å²) in [5.41, 5.74) is 7.74. The highest BCUT2D eigenvalue weighted by Gasteiger charge is 2.28. The molecule has 0 saturated heterocycles. The minimum absolute atomic E-state index is 0.0327. The molecule has 2 heteroatoms. The van der Waals surface area contributed by atoms with Crippen LogP contribution >= 0.6 is 0 Å². The van der Waals surface area contributed by atoms with E-state index in [0.29, 0.717) is 0 Å². The fourth-order valence-electron chi connectivity index (χ4n) is 4.16. The molecule has 0 aromatic rings. The highest BCUT2D eigenvalue weighted by atomic mass is 16.5. The van der Waals surface area contributed by atoms with Crippen LogP contribution in [0.3, 0.4) is 0 Å². The second kappa shape index (κ2) is 9.71. The van der Waals surface area contributed by atoms with E-state index in [0.717, 1.165) is 18.1 Å². The van der Waals surface area contributed by atoms with E-state index in [1.54, 1.807) is 0 Å². The average molecular weight is 445 g/mol. The summed E-state index contributed by atoms with van der Waals surface area (Å²) < 4.78 is 8.74. The molecule has 0 unspecified atom stereocenters. The number of hydrogen-bond donors (Lipinski definition) is 0. The summed E-state index contributed by atoms with van der Waals surface area (Å²) >= 11 is 0. The Kier molecular flexibility index (Phi) is 7.36. The normalized spacial score (nSPS) is 15.0. The SMILES string of the molecule is CCCC[n+]1c(C)c2ccc(/C=C/C=C3C=C(C(C)(C)C)OC(C(C)(C)C)=C3)ccc-2c1C. The third-order valence-electron chi connectivity index (χ3n) is 6.37. The van der Waals surface area contributed by atoms with Crippen LogP contribution in [0, 0.1) is 24.7 Å². The maximum absolute atomic E-state index is 6.27. The van der Waals surface area contributed by atoms with E-state index in [9.17, 15) is 0 Å². The third kappa shape index (κ3) is 5.85. The van der Waals surface area contributed by atoms with Gasteiger partial charge in [0.25, 0.3) is 0 Å². The fourth-order valence-corrected chi connectivity index (χ4v) is 4.16. The summed E-state index contributed by atoms with van der Waals surface area (Å²) in [4.78, 5) is 0. The summed E-state index contributed by atoms with van der Waals surface area (Å²) in [6.45, 7) is 21.0. The number of allylic oxidation sites excluding steroid dienone is 7. The van der Waals surface area contributed by atoms with Crippen LogP contribution in [-0.4, -0.2) is 0 Å². The Hall–Kier alpha value is -2.61. The molecule has 0 saturated carbocycles. The first kappa shape index (κ1) is 25.0. The van der Waals surface area contributed by atoms with E-state index >= 15 is 0 Å². The number of rotatable bonds is 5. The highest BCUT2D eigenvalue weighted by molar-refractivity contribution is 5.69. The molecule has 0 amide bonds. The van der Waals surface area contributed by atoms with Crippen LogP contribution in [-0.2, 0) is 11.3 Å². The van der Waals surface area contributed by atoms with E-state index in [4.69, 9.17) is 4.74 Å². The van der Waals surface area contributed by atoms with Gasteiger partial charge in [-0.2, -0.15) is 4.57 Å². The number of ether oxygens (including phenoxy) is 1. The van der Waals surface area contributed by atoms with Gasteiger partial charge in [-0.25, -0.2) is 0 Å². The van der Waals surface area contributed by atoms with Crippen LogP contribution in [0.5, 0.6) is 0 Å². The fraction of sp³-hybridized carbons (Fsp3) is 0.452. The molecule has 2 heterocycles. The Morgan fingerprint density at radius 2 is 1.33 bits per heavy atom. The minimum Gasteiger partial charge on any atom is -0.465 e. The van der Waals surface area contributed by atoms with Gasteiger partial charge >= 0.3 is 0 Å². The molecule has 33 heavy (non-hydrogen) atoms. The molecule has 0 aromatic heterocycles. The molecule has 1 aliphatic carbocycles. The number of aromatic nitrogens is 1. The predicted octanol–water partition coefficient (Wildman–Crippen LogP) is 8.33. The standard InChI is InChI=1S/C31H42NO/c1-10-11-19-32-22(2)26-17-15-24(16-18-27(26)23(32)3)13-12-14-25-20-28(30(4,5)6)33-29(21-25)31(7,8)9/h12-18,20-21H,10-11,19H2,1-9H3/q+1/b13-12+. The van der Waals surface area contributed by atoms with Crippen molar-refractivity contribution in [2.24, 2.45) is 10.8 Å². The summed E-state index contributed by atoms with van der Waals surface area (Å²) in [6.07, 6.45) is 13.3. The number of unbranched alkanes of at least 4 members (excludes halogenated alkanes) is 1. The van der Waals surface area contributed by atoms with Crippen molar-refractivity contribution in [1.29, 1.82) is 0 Å². The van der Waals surface area contributed by atoms with E-state index in [-0.39, 0.29) is 10.8 Å². The first-order valence-corrected chi connectivity index (χ1v) is 12.3. The van der Waals surface area contributed by atoms with Crippen molar-refractivity contribution in [2.75, 3.05) is 0 Å². The zero-order valence-corrected chi connectivity index (χ0v) is 22.2. The molecule has 0 radical (unpaired) electrons. The molecular weight excluding hydrogens is 402 g/mol. The van der Waals surface area contributed by atoms with E-state index < -0.39 is 0 Å². The van der Waals surface area contributed by atoms with Gasteiger partial charge in [0.1, 0.15) is 18.1 Å². The van der Waals surface area contributed by atoms with Gasteiger partial charge in [0.15, 0.2) is 11.4 Å². The maximum Gasteiger partial charge on any atom is 0.186 e. The first-order valence-electron chi connectivity index (χ1n) is 12.3. The Morgan fingerprint density at radius 1 is 0.818 bits per heavy atom. The molecule has 0 aromatic carbocycles. The quantitative estimate of drug-likeness (QED) is 0.422. The number of hydrogen-bond acceptors (Lipinski definition) is 1. The topological polar surface area (TPSA) is 13.1 Å². The lowest BCUT2D eigenvalue weighted by Crippen LogP contribution is -2.37. The Bertz CT molecular complexity index is 1030. The predicted molar refractivity (Wildman–Crippen MR) is 141 cm³/mol. The molecule has 0 spiro atoms. The number of fused-ring (bicyclic) bond motifs is 1. The van der Waals surface area contributed by atoms with Gasteiger partial charge in [0.2, 0.25) is 0 Å². The molecule has 0 bridgehead atoms. The lowest BCUT2D eigenvalue weighted by atomic mass is 9.87. The van der Waals surface area contributed by atoms with Crippen molar-refractivity contribution in [3.63, 3.8) is 0 Å². The van der Waals surface area contributed by atoms with Gasteiger partial charge in [-0.3, -0.25) is 0 Å². The Morgan fingerprint density at radius 3 is 1.79 bits per heavy atom. The second-order valence-electron chi connectivity index (χ2n) is 11.3. The summed E-state index contributed by atoms with van der Waals surface area (Å²) in [5.74, 6) is 2.03. The van der Waals surface area contributed by atoms with Gasteiger partial charge in [0, 0.05) is 31.1 Å². The van der Waals surface area contributed by atoms with Crippen molar-refractivity contribution in [1.82, 2.24) is 0 Å². The van der Waals surface area contributed by atoms with Crippen molar-refractivity contribution < 1.29 is 9.30 Å². The zero-order chi connectivity index (χ0) is 24.4. The van der Waals surface area contributed by atoms with Gasteiger partial charge in [-0.05, 0) is 35.4 Å². The lowest BCUT2D eigenvalue weighted by Gasteiger charge is -2.32. The van der Waals surface area contributed by atoms with Gasteiger partial charge in [-0.15, -0.1) is 0 Å². The van der Waals surface area contributed by atoms with Gasteiger partial charge in [0.05, 0.1) is 11.1 Å². The van der Waals surface area contributed by atoms with Crippen molar-refractivity contribution in [3.8, 4) is 11.1 Å². The maximum atomic E-state index is 6.27. The molecule has 0 fully saturated rings. The Labute approximate surface area is 201 Å². The van der Waals surface area contributed by atoms with E-state index in [1.165, 1.54) is 46.5 Å². The van der Waals surface area contributed by atoms with E-state index in [1.807, 2.05) is 0 Å². The minimum atomic E-state index is -0.0327. The second-order valence-corrected chi connectivity index (χ2v) is 11.3. The highest BCUT2D eigenvalue weighted by Crippen LogP contribution is 2.39. The average Bonchev–Trinajstić information content (AvgIpc) is 2.86. The van der Waals surface area contributed by atoms with Crippen molar-refractivity contribution >= 4 is 6.08 Å². The molecule has 3 rings (SSSR count). The largest absolute Gasteiger partial charge is 0.465 e. The van der Waals surface area contributed by atoms with Crippen LogP contribution in [0.1, 0.15) is 78.3 Å².